The number of methoxy groups -OCH3 is 2. The van der Waals surface area contributed by atoms with E-state index in [1.807, 2.05) is 0 Å². The molecule has 0 aliphatic carbocycles. The number of carbonyl (C=O) groups excluding carboxylic acids is 2. The minimum absolute atomic E-state index is 0.144. The summed E-state index contributed by atoms with van der Waals surface area (Å²) in [5.74, 6) is -2.92. The lowest BCUT2D eigenvalue weighted by molar-refractivity contribution is -0.143. The molecule has 1 N–H and O–H groups in total. The molecular weight excluding hydrogens is 320 g/mol. The smallest absolute Gasteiger partial charge is 0.333 e. The van der Waals surface area contributed by atoms with Crippen molar-refractivity contribution in [2.24, 2.45) is 0 Å². The maximum Gasteiger partial charge on any atom is 0.333 e. The monoisotopic (exact) mass is 335 g/mol. The Kier molecular flexibility index (Phi) is 5.47. The first-order valence-electron chi connectivity index (χ1n) is 6.94. The lowest BCUT2D eigenvalue weighted by atomic mass is 10.0. The van der Waals surface area contributed by atoms with Crippen LogP contribution in [0.25, 0.3) is 0 Å². The number of nitrogens with one attached hydrogen (secondary N) is 1. The van der Waals surface area contributed by atoms with Gasteiger partial charge in [0.15, 0.2) is 6.04 Å². The topological polar surface area (TPSA) is 64.6 Å². The molecule has 2 aromatic rings. The molecule has 0 fully saturated rings. The number of carbonyl (C=O) groups is 2. The summed E-state index contributed by atoms with van der Waals surface area (Å²) in [6.07, 6.45) is 0. The zero-order valence-electron chi connectivity index (χ0n) is 13.0. The summed E-state index contributed by atoms with van der Waals surface area (Å²) in [5, 5.41) is 2.34. The van der Waals surface area contributed by atoms with Crippen molar-refractivity contribution in [2.45, 2.75) is 6.04 Å². The average molecular weight is 335 g/mol. The zero-order valence-corrected chi connectivity index (χ0v) is 13.0. The van der Waals surface area contributed by atoms with Crippen LogP contribution in [0.15, 0.2) is 42.5 Å². The van der Waals surface area contributed by atoms with E-state index in [2.05, 4.69) is 10.1 Å². The van der Waals surface area contributed by atoms with Gasteiger partial charge >= 0.3 is 5.97 Å². The molecule has 0 radical (unpaired) electrons. The first-order valence-corrected chi connectivity index (χ1v) is 6.94. The molecule has 1 amide bonds. The normalized spacial score (nSPS) is 11.5. The van der Waals surface area contributed by atoms with Crippen LogP contribution in [-0.4, -0.2) is 26.1 Å². The Morgan fingerprint density at radius 1 is 1.08 bits per heavy atom. The SMILES string of the molecule is COC(=O)[C@H](NC(=O)c1ccccc1OC)c1cc(F)ccc1F. The molecule has 126 valence electrons. The Labute approximate surface area is 137 Å². The second kappa shape index (κ2) is 7.54. The second-order valence-electron chi connectivity index (χ2n) is 4.80. The summed E-state index contributed by atoms with van der Waals surface area (Å²) < 4.78 is 37.0. The van der Waals surface area contributed by atoms with Crippen LogP contribution in [0.5, 0.6) is 5.75 Å². The standard InChI is InChI=1S/C17H15F2NO4/c1-23-14-6-4-3-5-11(14)16(21)20-15(17(22)24-2)12-9-10(18)7-8-13(12)19/h3-9,15H,1-2H3,(H,20,21)/t15-/m1/s1. The van der Waals surface area contributed by atoms with Crippen LogP contribution >= 0.6 is 0 Å². The van der Waals surface area contributed by atoms with Gasteiger partial charge in [-0.15, -0.1) is 0 Å². The lowest BCUT2D eigenvalue weighted by Crippen LogP contribution is -2.35. The van der Waals surface area contributed by atoms with Crippen molar-refractivity contribution in [1.82, 2.24) is 5.32 Å². The summed E-state index contributed by atoms with van der Waals surface area (Å²) in [6.45, 7) is 0. The van der Waals surface area contributed by atoms with Crippen LogP contribution in [0.2, 0.25) is 0 Å². The Morgan fingerprint density at radius 3 is 2.46 bits per heavy atom. The van der Waals surface area contributed by atoms with E-state index in [0.29, 0.717) is 0 Å². The maximum atomic E-state index is 14.0. The second-order valence-corrected chi connectivity index (χ2v) is 4.80. The summed E-state index contributed by atoms with van der Waals surface area (Å²) in [6, 6.07) is 7.43. The van der Waals surface area contributed by atoms with Gasteiger partial charge < -0.3 is 14.8 Å². The van der Waals surface area contributed by atoms with Crippen molar-refractivity contribution in [3.05, 3.63) is 65.2 Å². The fourth-order valence-electron chi connectivity index (χ4n) is 2.16. The van der Waals surface area contributed by atoms with E-state index in [4.69, 9.17) is 4.74 Å². The van der Waals surface area contributed by atoms with Gasteiger partial charge in [-0.1, -0.05) is 12.1 Å². The molecule has 1 atom stereocenters. The molecule has 0 aliphatic rings. The molecule has 0 saturated carbocycles. The molecule has 2 aromatic carbocycles. The fourth-order valence-corrected chi connectivity index (χ4v) is 2.16. The van der Waals surface area contributed by atoms with E-state index >= 15 is 0 Å². The summed E-state index contributed by atoms with van der Waals surface area (Å²) in [4.78, 5) is 24.3. The molecule has 2 rings (SSSR count). The third kappa shape index (κ3) is 3.68. The summed E-state index contributed by atoms with van der Waals surface area (Å²) >= 11 is 0. The number of hydrogen-bond donors (Lipinski definition) is 1. The number of benzene rings is 2. The molecule has 0 heterocycles. The van der Waals surface area contributed by atoms with Gasteiger partial charge in [-0.2, -0.15) is 0 Å². The van der Waals surface area contributed by atoms with Gasteiger partial charge in [0.1, 0.15) is 17.4 Å². The van der Waals surface area contributed by atoms with Crippen LogP contribution in [0.1, 0.15) is 22.0 Å². The number of halogens is 2. The zero-order chi connectivity index (χ0) is 17.7. The average Bonchev–Trinajstić information content (AvgIpc) is 2.61. The van der Waals surface area contributed by atoms with Crippen molar-refractivity contribution in [2.75, 3.05) is 14.2 Å². The molecule has 0 spiro atoms. The first-order chi connectivity index (χ1) is 11.5. The number of amides is 1. The Morgan fingerprint density at radius 2 is 1.79 bits per heavy atom. The minimum atomic E-state index is -1.50. The van der Waals surface area contributed by atoms with Crippen LogP contribution in [0.4, 0.5) is 8.78 Å². The Bertz CT molecular complexity index is 764. The van der Waals surface area contributed by atoms with Crippen molar-refractivity contribution < 1.29 is 27.8 Å². The molecule has 0 saturated heterocycles. The number of esters is 1. The van der Waals surface area contributed by atoms with Gasteiger partial charge in [0, 0.05) is 5.56 Å². The van der Waals surface area contributed by atoms with E-state index in [1.165, 1.54) is 13.2 Å². The predicted molar refractivity (Wildman–Crippen MR) is 81.6 cm³/mol. The fraction of sp³-hybridized carbons (Fsp3) is 0.176. The van der Waals surface area contributed by atoms with Crippen molar-refractivity contribution in [3.63, 3.8) is 0 Å². The predicted octanol–water partition coefficient (Wildman–Crippen LogP) is 2.62. The van der Waals surface area contributed by atoms with Crippen molar-refractivity contribution in [3.8, 4) is 5.75 Å². The van der Waals surface area contributed by atoms with Crippen LogP contribution in [0, 0.1) is 11.6 Å². The van der Waals surface area contributed by atoms with E-state index in [9.17, 15) is 18.4 Å². The first kappa shape index (κ1) is 17.4. The van der Waals surface area contributed by atoms with Gasteiger partial charge in [0.25, 0.3) is 5.91 Å². The number of rotatable bonds is 5. The largest absolute Gasteiger partial charge is 0.496 e. The number of hydrogen-bond acceptors (Lipinski definition) is 4. The van der Waals surface area contributed by atoms with E-state index in [0.717, 1.165) is 25.3 Å². The Balaban J connectivity index is 2.38. The van der Waals surface area contributed by atoms with Gasteiger partial charge in [-0.3, -0.25) is 4.79 Å². The molecule has 0 aromatic heterocycles. The van der Waals surface area contributed by atoms with E-state index in [-0.39, 0.29) is 16.9 Å². The van der Waals surface area contributed by atoms with E-state index in [1.54, 1.807) is 18.2 Å². The highest BCUT2D eigenvalue weighted by Gasteiger charge is 2.28. The highest BCUT2D eigenvalue weighted by atomic mass is 19.1. The summed E-state index contributed by atoms with van der Waals surface area (Å²) in [5.41, 5.74) is -0.184. The maximum absolute atomic E-state index is 14.0. The van der Waals surface area contributed by atoms with E-state index < -0.39 is 29.6 Å². The quantitative estimate of drug-likeness (QED) is 0.853. The molecule has 0 unspecified atom stereocenters. The van der Waals surface area contributed by atoms with Crippen LogP contribution in [-0.2, 0) is 9.53 Å². The highest BCUT2D eigenvalue weighted by molar-refractivity contribution is 5.99. The third-order valence-electron chi connectivity index (χ3n) is 3.33. The minimum Gasteiger partial charge on any atom is -0.496 e. The van der Waals surface area contributed by atoms with Gasteiger partial charge in [0.2, 0.25) is 0 Å². The van der Waals surface area contributed by atoms with Crippen molar-refractivity contribution >= 4 is 11.9 Å². The summed E-state index contributed by atoms with van der Waals surface area (Å²) in [7, 11) is 2.47. The van der Waals surface area contributed by atoms with Crippen LogP contribution < -0.4 is 10.1 Å². The molecule has 7 heteroatoms. The van der Waals surface area contributed by atoms with Gasteiger partial charge in [-0.25, -0.2) is 13.6 Å². The Hall–Kier alpha value is -2.96. The molecule has 0 bridgehead atoms. The van der Waals surface area contributed by atoms with Gasteiger partial charge in [-0.05, 0) is 30.3 Å². The van der Waals surface area contributed by atoms with Crippen molar-refractivity contribution in [1.29, 1.82) is 0 Å². The molecule has 24 heavy (non-hydrogen) atoms. The lowest BCUT2D eigenvalue weighted by Gasteiger charge is -2.18. The van der Waals surface area contributed by atoms with Crippen LogP contribution in [0.3, 0.4) is 0 Å². The highest BCUT2D eigenvalue weighted by Crippen LogP contribution is 2.22. The molecule has 0 aliphatic heterocycles. The van der Waals surface area contributed by atoms with Gasteiger partial charge in [0.05, 0.1) is 19.8 Å². The number of ether oxygens (including phenoxy) is 2. The third-order valence-corrected chi connectivity index (χ3v) is 3.33. The molecular formula is C17H15F2NO4. The number of para-hydroxylation sites is 1. The molecule has 5 nitrogen and oxygen atoms in total.